The van der Waals surface area contributed by atoms with Crippen molar-refractivity contribution in [1.29, 1.82) is 0 Å². The fourth-order valence-corrected chi connectivity index (χ4v) is 5.43. The molecule has 0 saturated carbocycles. The van der Waals surface area contributed by atoms with Crippen LogP contribution in [0.15, 0.2) is 18.2 Å². The van der Waals surface area contributed by atoms with Crippen molar-refractivity contribution in [2.75, 3.05) is 19.7 Å². The minimum Gasteiger partial charge on any atom is -0.492 e. The molecule has 3 aromatic rings. The number of aryl methyl sites for hydroxylation is 1. The molecule has 0 radical (unpaired) electrons. The number of piperidine rings is 1. The molecule has 4 rings (SSSR count). The van der Waals surface area contributed by atoms with Crippen LogP contribution in [0, 0.1) is 5.92 Å². The zero-order chi connectivity index (χ0) is 22.1. The van der Waals surface area contributed by atoms with Gasteiger partial charge in [0.2, 0.25) is 10.8 Å². The first-order chi connectivity index (χ1) is 14.9. The first-order valence-corrected chi connectivity index (χ1v) is 11.9. The summed E-state index contributed by atoms with van der Waals surface area (Å²) < 4.78 is 6.69. The van der Waals surface area contributed by atoms with Crippen LogP contribution in [0.3, 0.4) is 0 Å². The average molecular weight is 483 g/mol. The molecule has 0 aliphatic carbocycles. The van der Waals surface area contributed by atoms with E-state index in [-0.39, 0.29) is 23.8 Å². The van der Waals surface area contributed by atoms with Gasteiger partial charge in [-0.25, -0.2) is 4.98 Å². The number of ether oxygens (including phenoxy) is 1. The van der Waals surface area contributed by atoms with Gasteiger partial charge in [0.05, 0.1) is 33.5 Å². The molecule has 0 amide bonds. The van der Waals surface area contributed by atoms with Crippen molar-refractivity contribution in [3.63, 3.8) is 0 Å². The summed E-state index contributed by atoms with van der Waals surface area (Å²) in [5, 5.41) is 16.3. The first kappa shape index (κ1) is 22.3. The zero-order valence-corrected chi connectivity index (χ0v) is 19.7. The number of hydrogen-bond acceptors (Lipinski definition) is 7. The van der Waals surface area contributed by atoms with Gasteiger partial charge in [-0.1, -0.05) is 47.5 Å². The number of thiazole rings is 1. The van der Waals surface area contributed by atoms with Crippen LogP contribution in [-0.4, -0.2) is 50.3 Å². The van der Waals surface area contributed by atoms with E-state index >= 15 is 0 Å². The third kappa shape index (κ3) is 4.39. The summed E-state index contributed by atoms with van der Waals surface area (Å²) in [7, 11) is 0. The number of nitrogens with zero attached hydrogens (tertiary/aromatic N) is 4. The van der Waals surface area contributed by atoms with E-state index in [2.05, 4.69) is 15.0 Å². The molecule has 10 heteroatoms. The van der Waals surface area contributed by atoms with Crippen LogP contribution in [0.1, 0.15) is 49.0 Å². The minimum atomic E-state index is -0.253. The third-order valence-electron chi connectivity index (χ3n) is 5.58. The molecule has 2 aromatic heterocycles. The summed E-state index contributed by atoms with van der Waals surface area (Å²) >= 11 is 13.9. The van der Waals surface area contributed by atoms with E-state index in [1.165, 1.54) is 15.9 Å². The Morgan fingerprint density at radius 2 is 2.03 bits per heavy atom. The number of fused-ring (bicyclic) bond motifs is 1. The van der Waals surface area contributed by atoms with E-state index in [0.717, 1.165) is 10.4 Å². The number of carbonyl (C=O) groups is 1. The predicted octanol–water partition coefficient (Wildman–Crippen LogP) is 4.73. The Bertz CT molecular complexity index is 1090. The molecule has 0 spiro atoms. The SMILES string of the molecule is CCOC(=O)C1CCN(C(c2ccc(Cl)c(Cl)c2)c2sc3nc(CC)nn3c2O)CC1. The number of aromatic hydroxyl groups is 1. The Morgan fingerprint density at radius 3 is 2.65 bits per heavy atom. The maximum Gasteiger partial charge on any atom is 0.309 e. The quantitative estimate of drug-likeness (QED) is 0.511. The molecular formula is C21H24Cl2N4O3S. The molecule has 1 aromatic carbocycles. The van der Waals surface area contributed by atoms with Gasteiger partial charge in [-0.15, -0.1) is 5.10 Å². The number of rotatable bonds is 6. The molecule has 7 nitrogen and oxygen atoms in total. The monoisotopic (exact) mass is 482 g/mol. The van der Waals surface area contributed by atoms with Gasteiger partial charge in [0.15, 0.2) is 5.82 Å². The lowest BCUT2D eigenvalue weighted by molar-refractivity contribution is -0.149. The van der Waals surface area contributed by atoms with Crippen molar-refractivity contribution < 1.29 is 14.6 Å². The Balaban J connectivity index is 1.69. The van der Waals surface area contributed by atoms with Crippen molar-refractivity contribution in [2.24, 2.45) is 5.92 Å². The molecule has 1 atom stereocenters. The van der Waals surface area contributed by atoms with Crippen molar-refractivity contribution in [3.8, 4) is 5.88 Å². The Kier molecular flexibility index (Phi) is 6.71. The lowest BCUT2D eigenvalue weighted by Crippen LogP contribution is -2.39. The number of hydrogen-bond donors (Lipinski definition) is 1. The van der Waals surface area contributed by atoms with E-state index < -0.39 is 0 Å². The molecule has 3 heterocycles. The maximum absolute atomic E-state index is 12.2. The van der Waals surface area contributed by atoms with Gasteiger partial charge >= 0.3 is 5.97 Å². The number of halogens is 2. The lowest BCUT2D eigenvalue weighted by atomic mass is 9.93. The second-order valence-electron chi connectivity index (χ2n) is 7.50. The van der Waals surface area contributed by atoms with Crippen LogP contribution < -0.4 is 0 Å². The van der Waals surface area contributed by atoms with Crippen LogP contribution in [-0.2, 0) is 16.0 Å². The molecule has 1 saturated heterocycles. The topological polar surface area (TPSA) is 80.0 Å². The largest absolute Gasteiger partial charge is 0.492 e. The van der Waals surface area contributed by atoms with Crippen LogP contribution in [0.2, 0.25) is 10.0 Å². The number of aromatic nitrogens is 3. The van der Waals surface area contributed by atoms with Crippen molar-refractivity contribution >= 4 is 45.5 Å². The van der Waals surface area contributed by atoms with Gasteiger partial charge in [-0.2, -0.15) is 4.52 Å². The van der Waals surface area contributed by atoms with Gasteiger partial charge in [0.1, 0.15) is 0 Å². The van der Waals surface area contributed by atoms with Gasteiger partial charge in [-0.05, 0) is 50.6 Å². The summed E-state index contributed by atoms with van der Waals surface area (Å²) in [6.45, 7) is 5.55. The van der Waals surface area contributed by atoms with Crippen molar-refractivity contribution in [3.05, 3.63) is 44.5 Å². The van der Waals surface area contributed by atoms with Crippen LogP contribution in [0.5, 0.6) is 5.88 Å². The molecule has 1 aliphatic rings. The van der Waals surface area contributed by atoms with Crippen LogP contribution >= 0.6 is 34.5 Å². The summed E-state index contributed by atoms with van der Waals surface area (Å²) in [5.41, 5.74) is 0.916. The van der Waals surface area contributed by atoms with Crippen molar-refractivity contribution in [1.82, 2.24) is 19.5 Å². The number of benzene rings is 1. The van der Waals surface area contributed by atoms with Crippen LogP contribution in [0.25, 0.3) is 4.96 Å². The van der Waals surface area contributed by atoms with Gasteiger partial charge in [0.25, 0.3) is 0 Å². The van der Waals surface area contributed by atoms with Gasteiger partial charge in [0, 0.05) is 6.42 Å². The second-order valence-corrected chi connectivity index (χ2v) is 9.33. The van der Waals surface area contributed by atoms with Gasteiger partial charge < -0.3 is 9.84 Å². The van der Waals surface area contributed by atoms with Gasteiger partial charge in [-0.3, -0.25) is 9.69 Å². The summed E-state index contributed by atoms with van der Waals surface area (Å²) in [4.78, 5) is 20.3. The summed E-state index contributed by atoms with van der Waals surface area (Å²) in [6.07, 6.45) is 2.08. The van der Waals surface area contributed by atoms with E-state index in [0.29, 0.717) is 59.8 Å². The Morgan fingerprint density at radius 1 is 1.29 bits per heavy atom. The van der Waals surface area contributed by atoms with E-state index in [4.69, 9.17) is 27.9 Å². The molecule has 1 N–H and O–H groups in total. The normalized spacial score (nSPS) is 16.6. The third-order valence-corrected chi connectivity index (χ3v) is 7.39. The number of likely N-dealkylation sites (tertiary alicyclic amines) is 1. The fourth-order valence-electron chi connectivity index (χ4n) is 3.98. The first-order valence-electron chi connectivity index (χ1n) is 10.4. The van der Waals surface area contributed by atoms with E-state index in [9.17, 15) is 9.90 Å². The highest BCUT2D eigenvalue weighted by molar-refractivity contribution is 7.17. The zero-order valence-electron chi connectivity index (χ0n) is 17.3. The fraction of sp³-hybridized carbons (Fsp3) is 0.476. The van der Waals surface area contributed by atoms with Crippen LogP contribution in [0.4, 0.5) is 0 Å². The highest BCUT2D eigenvalue weighted by atomic mass is 35.5. The Labute approximate surface area is 194 Å². The molecule has 1 unspecified atom stereocenters. The molecule has 166 valence electrons. The standard InChI is InChI=1S/C21H24Cl2N4O3S/c1-3-16-24-21-27(25-16)19(28)18(31-21)17(13-5-6-14(22)15(23)11-13)26-9-7-12(8-10-26)20(29)30-4-2/h5-6,11-12,17,28H,3-4,7-10H2,1-2H3. The Hall–Kier alpha value is -1.87. The predicted molar refractivity (Wildman–Crippen MR) is 121 cm³/mol. The number of carbonyl (C=O) groups excluding carboxylic acids is 1. The maximum atomic E-state index is 12.2. The minimum absolute atomic E-state index is 0.0794. The van der Waals surface area contributed by atoms with E-state index in [1.54, 1.807) is 6.07 Å². The van der Waals surface area contributed by atoms with E-state index in [1.807, 2.05) is 26.0 Å². The summed E-state index contributed by atoms with van der Waals surface area (Å²) in [6, 6.07) is 5.26. The molecule has 1 aliphatic heterocycles. The molecular weight excluding hydrogens is 459 g/mol. The average Bonchev–Trinajstić information content (AvgIpc) is 3.31. The molecule has 0 bridgehead atoms. The second kappa shape index (κ2) is 9.32. The van der Waals surface area contributed by atoms with Crippen molar-refractivity contribution in [2.45, 2.75) is 39.2 Å². The molecule has 1 fully saturated rings. The summed E-state index contributed by atoms with van der Waals surface area (Å²) in [5.74, 6) is 0.529. The highest BCUT2D eigenvalue weighted by Crippen LogP contribution is 2.42. The smallest absolute Gasteiger partial charge is 0.309 e. The lowest BCUT2D eigenvalue weighted by Gasteiger charge is -2.36. The highest BCUT2D eigenvalue weighted by Gasteiger charge is 2.34. The molecule has 31 heavy (non-hydrogen) atoms. The number of esters is 1.